The number of fused-ring (bicyclic) bond motifs is 1. The van der Waals surface area contributed by atoms with Crippen LogP contribution < -0.4 is 4.74 Å². The van der Waals surface area contributed by atoms with Gasteiger partial charge < -0.3 is 9.84 Å². The lowest BCUT2D eigenvalue weighted by Gasteiger charge is -2.30. The molecule has 1 heterocycles. The molecule has 0 radical (unpaired) electrons. The molecule has 1 aliphatic heterocycles. The van der Waals surface area contributed by atoms with Gasteiger partial charge in [0.05, 0.1) is 11.1 Å². The van der Waals surface area contributed by atoms with Crippen LogP contribution in [0.5, 0.6) is 5.75 Å². The molecule has 104 valence electrons. The molecule has 1 N–H and O–H groups in total. The minimum Gasteiger partial charge on any atom is -0.485 e. The van der Waals surface area contributed by atoms with Crippen molar-refractivity contribution in [3.8, 4) is 5.75 Å². The van der Waals surface area contributed by atoms with Crippen LogP contribution in [0.3, 0.4) is 0 Å². The molecule has 0 saturated heterocycles. The average molecular weight is 358 g/mol. The van der Waals surface area contributed by atoms with Gasteiger partial charge in [0, 0.05) is 22.5 Å². The molecule has 20 heavy (non-hydrogen) atoms. The SMILES string of the molecule is O[C@@H]1CC(c2ccc(Br)c(Cl)c2)Oc2cc(F)ccc21. The van der Waals surface area contributed by atoms with E-state index in [0.29, 0.717) is 22.8 Å². The normalized spacial score (nSPS) is 21.2. The molecule has 1 unspecified atom stereocenters. The van der Waals surface area contributed by atoms with Gasteiger partial charge in [0.25, 0.3) is 0 Å². The predicted molar refractivity (Wildman–Crippen MR) is 78.5 cm³/mol. The summed E-state index contributed by atoms with van der Waals surface area (Å²) in [4.78, 5) is 0. The fourth-order valence-electron chi connectivity index (χ4n) is 2.33. The van der Waals surface area contributed by atoms with Crippen molar-refractivity contribution in [2.75, 3.05) is 0 Å². The van der Waals surface area contributed by atoms with Gasteiger partial charge in [-0.25, -0.2) is 4.39 Å². The Morgan fingerprint density at radius 1 is 1.25 bits per heavy atom. The van der Waals surface area contributed by atoms with Crippen LogP contribution in [0.25, 0.3) is 0 Å². The summed E-state index contributed by atoms with van der Waals surface area (Å²) in [6.45, 7) is 0. The second-order valence-corrected chi connectivity index (χ2v) is 5.98. The van der Waals surface area contributed by atoms with E-state index in [2.05, 4.69) is 15.9 Å². The molecular weight excluding hydrogens is 347 g/mol. The summed E-state index contributed by atoms with van der Waals surface area (Å²) >= 11 is 9.40. The summed E-state index contributed by atoms with van der Waals surface area (Å²) in [6.07, 6.45) is -0.604. The zero-order valence-electron chi connectivity index (χ0n) is 10.3. The van der Waals surface area contributed by atoms with Crippen molar-refractivity contribution in [1.29, 1.82) is 0 Å². The minimum atomic E-state index is -0.674. The lowest BCUT2D eigenvalue weighted by atomic mass is 9.95. The molecule has 2 aromatic rings. The Kier molecular flexibility index (Phi) is 3.71. The Hall–Kier alpha value is -1.10. The van der Waals surface area contributed by atoms with Crippen LogP contribution in [0.2, 0.25) is 5.02 Å². The number of aliphatic hydroxyl groups is 1. The van der Waals surface area contributed by atoms with Crippen molar-refractivity contribution in [3.63, 3.8) is 0 Å². The van der Waals surface area contributed by atoms with Crippen LogP contribution in [-0.4, -0.2) is 5.11 Å². The summed E-state index contributed by atoms with van der Waals surface area (Å²) in [6, 6.07) is 9.66. The fraction of sp³-hybridized carbons (Fsp3) is 0.200. The van der Waals surface area contributed by atoms with Crippen LogP contribution in [0.4, 0.5) is 4.39 Å². The molecule has 5 heteroatoms. The number of hydrogen-bond acceptors (Lipinski definition) is 2. The number of halogens is 3. The van der Waals surface area contributed by atoms with Gasteiger partial charge in [-0.3, -0.25) is 0 Å². The van der Waals surface area contributed by atoms with Crippen molar-refractivity contribution in [1.82, 2.24) is 0 Å². The first-order chi connectivity index (χ1) is 9.54. The molecule has 0 spiro atoms. The third-order valence-electron chi connectivity index (χ3n) is 3.36. The van der Waals surface area contributed by atoms with E-state index < -0.39 is 6.10 Å². The summed E-state index contributed by atoms with van der Waals surface area (Å²) in [7, 11) is 0. The van der Waals surface area contributed by atoms with Gasteiger partial charge in [-0.05, 0) is 45.8 Å². The number of ether oxygens (including phenoxy) is 1. The molecule has 0 aliphatic carbocycles. The summed E-state index contributed by atoms with van der Waals surface area (Å²) in [5.74, 6) is -0.00164. The van der Waals surface area contributed by atoms with Crippen LogP contribution in [-0.2, 0) is 0 Å². The first-order valence-electron chi connectivity index (χ1n) is 6.13. The van der Waals surface area contributed by atoms with Gasteiger partial charge in [-0.15, -0.1) is 0 Å². The summed E-state index contributed by atoms with van der Waals surface area (Å²) in [5, 5.41) is 10.7. The lowest BCUT2D eigenvalue weighted by Crippen LogP contribution is -2.19. The van der Waals surface area contributed by atoms with Crippen LogP contribution >= 0.6 is 27.5 Å². The highest BCUT2D eigenvalue weighted by Crippen LogP contribution is 2.41. The number of aliphatic hydroxyl groups excluding tert-OH is 1. The number of rotatable bonds is 1. The smallest absolute Gasteiger partial charge is 0.128 e. The predicted octanol–water partition coefficient (Wildman–Crippen LogP) is 4.80. The standard InChI is InChI=1S/C15H11BrClFO2/c16-11-4-1-8(5-12(11)17)14-7-13(19)10-3-2-9(18)6-15(10)20-14/h1-6,13-14,19H,7H2/t13-,14?/m1/s1. The molecule has 2 atom stereocenters. The molecule has 0 fully saturated rings. The maximum absolute atomic E-state index is 13.3. The first kappa shape index (κ1) is 13.9. The molecule has 3 rings (SSSR count). The van der Waals surface area contributed by atoms with Gasteiger partial charge in [0.15, 0.2) is 0 Å². The topological polar surface area (TPSA) is 29.5 Å². The van der Waals surface area contributed by atoms with Crippen molar-refractivity contribution in [3.05, 3.63) is 62.8 Å². The Bertz CT molecular complexity index is 662. The van der Waals surface area contributed by atoms with E-state index >= 15 is 0 Å². The molecule has 1 aliphatic rings. The van der Waals surface area contributed by atoms with Crippen LogP contribution in [0, 0.1) is 5.82 Å². The highest BCUT2D eigenvalue weighted by Gasteiger charge is 2.28. The fourth-order valence-corrected chi connectivity index (χ4v) is 2.77. The van der Waals surface area contributed by atoms with Crippen molar-refractivity contribution >= 4 is 27.5 Å². The van der Waals surface area contributed by atoms with E-state index in [1.54, 1.807) is 12.1 Å². The number of hydrogen-bond donors (Lipinski definition) is 1. The van der Waals surface area contributed by atoms with E-state index in [-0.39, 0.29) is 11.9 Å². The van der Waals surface area contributed by atoms with E-state index in [1.165, 1.54) is 12.1 Å². The molecule has 2 nitrogen and oxygen atoms in total. The second kappa shape index (κ2) is 5.35. The quantitative estimate of drug-likeness (QED) is 0.794. The third-order valence-corrected chi connectivity index (χ3v) is 4.59. The van der Waals surface area contributed by atoms with Crippen LogP contribution in [0.15, 0.2) is 40.9 Å². The minimum absolute atomic E-state index is 0.343. The van der Waals surface area contributed by atoms with E-state index in [9.17, 15) is 9.50 Å². The molecule has 2 aromatic carbocycles. The molecule has 0 saturated carbocycles. The van der Waals surface area contributed by atoms with Crippen molar-refractivity contribution < 1.29 is 14.2 Å². The molecule has 0 amide bonds. The molecular formula is C15H11BrClFO2. The number of benzene rings is 2. The highest BCUT2D eigenvalue weighted by molar-refractivity contribution is 9.10. The second-order valence-electron chi connectivity index (χ2n) is 4.71. The maximum atomic E-state index is 13.3. The molecule has 0 bridgehead atoms. The Morgan fingerprint density at radius 3 is 2.80 bits per heavy atom. The summed E-state index contributed by atoms with van der Waals surface area (Å²) in [5.41, 5.74) is 1.47. The van der Waals surface area contributed by atoms with E-state index in [0.717, 1.165) is 10.0 Å². The Balaban J connectivity index is 1.96. The molecule has 0 aromatic heterocycles. The van der Waals surface area contributed by atoms with Crippen molar-refractivity contribution in [2.24, 2.45) is 0 Å². The Morgan fingerprint density at radius 2 is 2.05 bits per heavy atom. The first-order valence-corrected chi connectivity index (χ1v) is 7.31. The zero-order chi connectivity index (χ0) is 14.3. The monoisotopic (exact) mass is 356 g/mol. The van der Waals surface area contributed by atoms with Crippen molar-refractivity contribution in [2.45, 2.75) is 18.6 Å². The van der Waals surface area contributed by atoms with Gasteiger partial charge in [0.2, 0.25) is 0 Å². The van der Waals surface area contributed by atoms with Gasteiger partial charge in [0.1, 0.15) is 17.7 Å². The largest absolute Gasteiger partial charge is 0.485 e. The lowest BCUT2D eigenvalue weighted by molar-refractivity contribution is 0.0654. The highest BCUT2D eigenvalue weighted by atomic mass is 79.9. The van der Waals surface area contributed by atoms with E-state index in [1.807, 2.05) is 12.1 Å². The van der Waals surface area contributed by atoms with Gasteiger partial charge >= 0.3 is 0 Å². The maximum Gasteiger partial charge on any atom is 0.128 e. The Labute approximate surface area is 129 Å². The van der Waals surface area contributed by atoms with Gasteiger partial charge in [-0.1, -0.05) is 17.7 Å². The zero-order valence-corrected chi connectivity index (χ0v) is 12.7. The summed E-state index contributed by atoms with van der Waals surface area (Å²) < 4.78 is 19.9. The van der Waals surface area contributed by atoms with Crippen LogP contribution in [0.1, 0.15) is 29.8 Å². The van der Waals surface area contributed by atoms with E-state index in [4.69, 9.17) is 16.3 Å². The average Bonchev–Trinajstić information content (AvgIpc) is 2.41. The van der Waals surface area contributed by atoms with Gasteiger partial charge in [-0.2, -0.15) is 0 Å². The third kappa shape index (κ3) is 2.55.